The molecule has 3 heteroatoms. The minimum atomic E-state index is 0.757. The van der Waals surface area contributed by atoms with Crippen molar-refractivity contribution in [1.29, 1.82) is 0 Å². The second-order valence-corrected chi connectivity index (χ2v) is 5.41. The number of anilines is 1. The maximum Gasteiger partial charge on any atom is 0.136 e. The van der Waals surface area contributed by atoms with Gasteiger partial charge in [0.05, 0.1) is 0 Å². The summed E-state index contributed by atoms with van der Waals surface area (Å²) in [6.45, 7) is 8.36. The predicted octanol–water partition coefficient (Wildman–Crippen LogP) is 2.35. The van der Waals surface area contributed by atoms with Crippen LogP contribution in [0.15, 0.2) is 18.8 Å². The fourth-order valence-electron chi connectivity index (χ4n) is 2.71. The van der Waals surface area contributed by atoms with Gasteiger partial charge in [0.25, 0.3) is 0 Å². The van der Waals surface area contributed by atoms with Crippen molar-refractivity contribution in [3.05, 3.63) is 30.0 Å². The van der Waals surface area contributed by atoms with Crippen molar-refractivity contribution < 1.29 is 0 Å². The van der Waals surface area contributed by atoms with Crippen molar-refractivity contribution in [2.75, 3.05) is 38.1 Å². The smallest absolute Gasteiger partial charge is 0.136 e. The maximum absolute atomic E-state index is 4.61. The van der Waals surface area contributed by atoms with Gasteiger partial charge in [-0.15, -0.1) is 0 Å². The third-order valence-corrected chi connectivity index (χ3v) is 4.03. The molecular formula is C15H21N3. The van der Waals surface area contributed by atoms with Crippen LogP contribution in [-0.4, -0.2) is 43.1 Å². The van der Waals surface area contributed by atoms with Gasteiger partial charge in [-0.05, 0) is 37.4 Å². The van der Waals surface area contributed by atoms with E-state index in [9.17, 15) is 0 Å². The molecule has 0 atom stereocenters. The Morgan fingerprint density at radius 3 is 2.61 bits per heavy atom. The minimum Gasteiger partial charge on any atom is -0.354 e. The summed E-state index contributed by atoms with van der Waals surface area (Å²) >= 11 is 0. The van der Waals surface area contributed by atoms with Crippen LogP contribution in [-0.2, 0) is 0 Å². The summed E-state index contributed by atoms with van der Waals surface area (Å²) in [5.74, 6) is 1.90. The van der Waals surface area contributed by atoms with E-state index < -0.39 is 0 Å². The Labute approximate surface area is 109 Å². The third-order valence-electron chi connectivity index (χ3n) is 4.03. The zero-order valence-corrected chi connectivity index (χ0v) is 11.1. The molecule has 1 aromatic rings. The highest BCUT2D eigenvalue weighted by molar-refractivity contribution is 5.67. The second-order valence-electron chi connectivity index (χ2n) is 5.41. The zero-order valence-electron chi connectivity index (χ0n) is 11.1. The van der Waals surface area contributed by atoms with E-state index in [0.717, 1.165) is 37.9 Å². The van der Waals surface area contributed by atoms with Crippen molar-refractivity contribution in [3.8, 4) is 0 Å². The summed E-state index contributed by atoms with van der Waals surface area (Å²) in [7, 11) is 2.18. The molecule has 0 aromatic carbocycles. The summed E-state index contributed by atoms with van der Waals surface area (Å²) in [5, 5.41) is 0. The van der Waals surface area contributed by atoms with Crippen molar-refractivity contribution >= 4 is 11.9 Å². The van der Waals surface area contributed by atoms with Gasteiger partial charge in [0, 0.05) is 37.9 Å². The highest BCUT2D eigenvalue weighted by Gasteiger charge is 2.28. The fraction of sp³-hybridized carbons (Fsp3) is 0.533. The van der Waals surface area contributed by atoms with Crippen molar-refractivity contribution in [2.45, 2.75) is 18.8 Å². The Balaban J connectivity index is 1.90. The molecule has 1 saturated heterocycles. The molecule has 0 spiro atoms. The molecule has 96 valence electrons. The number of hydrogen-bond acceptors (Lipinski definition) is 3. The summed E-state index contributed by atoms with van der Waals surface area (Å²) in [6, 6.07) is 2.17. The van der Waals surface area contributed by atoms with E-state index in [2.05, 4.69) is 34.5 Å². The van der Waals surface area contributed by atoms with Gasteiger partial charge in [0.15, 0.2) is 0 Å². The van der Waals surface area contributed by atoms with Crippen LogP contribution in [0.5, 0.6) is 0 Å². The number of nitrogens with zero attached hydrogens (tertiary/aromatic N) is 3. The first kappa shape index (κ1) is 11.7. The number of piperazine rings is 1. The van der Waals surface area contributed by atoms with Gasteiger partial charge in [0.1, 0.15) is 5.82 Å². The lowest BCUT2D eigenvalue weighted by atomic mass is 10.0. The van der Waals surface area contributed by atoms with Crippen LogP contribution in [0.1, 0.15) is 29.9 Å². The highest BCUT2D eigenvalue weighted by atomic mass is 15.3. The van der Waals surface area contributed by atoms with E-state index >= 15 is 0 Å². The van der Waals surface area contributed by atoms with E-state index in [1.165, 1.54) is 24.0 Å². The van der Waals surface area contributed by atoms with E-state index in [-0.39, 0.29) is 0 Å². The Bertz CT molecular complexity index is 443. The fourth-order valence-corrected chi connectivity index (χ4v) is 2.71. The zero-order chi connectivity index (χ0) is 12.5. The molecule has 0 N–H and O–H groups in total. The van der Waals surface area contributed by atoms with Gasteiger partial charge in [-0.25, -0.2) is 4.98 Å². The van der Waals surface area contributed by atoms with Crippen LogP contribution in [0, 0.1) is 0 Å². The standard InChI is InChI=1S/C15H21N3/c1-3-13-14(12-4-5-12)6-7-16-15(13)18-10-8-17(2)9-11-18/h3,6-7,12H,1,4-5,8-11H2,2H3. The summed E-state index contributed by atoms with van der Waals surface area (Å²) < 4.78 is 0. The van der Waals surface area contributed by atoms with Gasteiger partial charge < -0.3 is 9.80 Å². The summed E-state index contributed by atoms with van der Waals surface area (Å²) in [4.78, 5) is 9.38. The van der Waals surface area contributed by atoms with Crippen molar-refractivity contribution in [1.82, 2.24) is 9.88 Å². The normalized spacial score (nSPS) is 21.1. The van der Waals surface area contributed by atoms with Crippen molar-refractivity contribution in [2.24, 2.45) is 0 Å². The summed E-state index contributed by atoms with van der Waals surface area (Å²) in [6.07, 6.45) is 6.61. The molecule has 18 heavy (non-hydrogen) atoms. The largest absolute Gasteiger partial charge is 0.354 e. The van der Waals surface area contributed by atoms with Crippen LogP contribution >= 0.6 is 0 Å². The molecule has 0 bridgehead atoms. The van der Waals surface area contributed by atoms with Gasteiger partial charge in [-0.1, -0.05) is 12.7 Å². The number of aromatic nitrogens is 1. The molecule has 3 nitrogen and oxygen atoms in total. The predicted molar refractivity (Wildman–Crippen MR) is 76.0 cm³/mol. The Kier molecular flexibility index (Phi) is 3.08. The topological polar surface area (TPSA) is 19.4 Å². The van der Waals surface area contributed by atoms with Gasteiger partial charge in [0.2, 0.25) is 0 Å². The molecule has 1 aliphatic carbocycles. The van der Waals surface area contributed by atoms with Crippen LogP contribution in [0.25, 0.3) is 6.08 Å². The Morgan fingerprint density at radius 2 is 2.00 bits per heavy atom. The van der Waals surface area contributed by atoms with E-state index in [1.54, 1.807) is 0 Å². The monoisotopic (exact) mass is 243 g/mol. The molecule has 2 aliphatic rings. The number of pyridine rings is 1. The van der Waals surface area contributed by atoms with E-state index in [4.69, 9.17) is 0 Å². The van der Waals surface area contributed by atoms with Crippen LogP contribution in [0.2, 0.25) is 0 Å². The van der Waals surface area contributed by atoms with Crippen molar-refractivity contribution in [3.63, 3.8) is 0 Å². The molecule has 0 unspecified atom stereocenters. The van der Waals surface area contributed by atoms with Crippen LogP contribution < -0.4 is 4.90 Å². The van der Waals surface area contributed by atoms with Gasteiger partial charge >= 0.3 is 0 Å². The average molecular weight is 243 g/mol. The Morgan fingerprint density at radius 1 is 1.28 bits per heavy atom. The van der Waals surface area contributed by atoms with E-state index in [1.807, 2.05) is 12.3 Å². The third kappa shape index (κ3) is 2.15. The second kappa shape index (κ2) is 4.73. The molecule has 2 heterocycles. The average Bonchev–Trinajstić information content (AvgIpc) is 3.23. The lowest BCUT2D eigenvalue weighted by molar-refractivity contribution is 0.312. The first-order chi connectivity index (χ1) is 8.79. The number of hydrogen-bond donors (Lipinski definition) is 0. The molecule has 2 fully saturated rings. The molecule has 1 aromatic heterocycles. The first-order valence-corrected chi connectivity index (χ1v) is 6.84. The van der Waals surface area contributed by atoms with Gasteiger partial charge in [-0.3, -0.25) is 0 Å². The Hall–Kier alpha value is -1.35. The van der Waals surface area contributed by atoms with Crippen LogP contribution in [0.4, 0.5) is 5.82 Å². The number of likely N-dealkylation sites (N-methyl/N-ethyl adjacent to an activating group) is 1. The molecule has 1 saturated carbocycles. The highest BCUT2D eigenvalue weighted by Crippen LogP contribution is 2.43. The maximum atomic E-state index is 4.61. The SMILES string of the molecule is C=Cc1c(C2CC2)ccnc1N1CCN(C)CC1. The summed E-state index contributed by atoms with van der Waals surface area (Å²) in [5.41, 5.74) is 2.72. The molecule has 3 rings (SSSR count). The van der Waals surface area contributed by atoms with Gasteiger partial charge in [-0.2, -0.15) is 0 Å². The first-order valence-electron chi connectivity index (χ1n) is 6.84. The molecule has 0 amide bonds. The number of rotatable bonds is 3. The van der Waals surface area contributed by atoms with E-state index in [0.29, 0.717) is 0 Å². The minimum absolute atomic E-state index is 0.757. The lowest BCUT2D eigenvalue weighted by Crippen LogP contribution is -2.45. The quantitative estimate of drug-likeness (QED) is 0.812. The lowest BCUT2D eigenvalue weighted by Gasteiger charge is -2.34. The molecule has 0 radical (unpaired) electrons. The molecule has 1 aliphatic heterocycles. The molecular weight excluding hydrogens is 222 g/mol. The van der Waals surface area contributed by atoms with Crippen LogP contribution in [0.3, 0.4) is 0 Å².